The van der Waals surface area contributed by atoms with Crippen LogP contribution in [0, 0.1) is 5.82 Å². The Morgan fingerprint density at radius 2 is 1.65 bits per heavy atom. The summed E-state index contributed by atoms with van der Waals surface area (Å²) in [5.41, 5.74) is 1.21. The van der Waals surface area contributed by atoms with Crippen LogP contribution in [0.3, 0.4) is 0 Å². The summed E-state index contributed by atoms with van der Waals surface area (Å²) in [4.78, 5) is 5.13. The highest BCUT2D eigenvalue weighted by atomic mass is 19.1. The second-order valence-electron chi connectivity index (χ2n) is 5.92. The van der Waals surface area contributed by atoms with Crippen molar-refractivity contribution in [2.24, 2.45) is 0 Å². The van der Waals surface area contributed by atoms with Gasteiger partial charge >= 0.3 is 0 Å². The van der Waals surface area contributed by atoms with Gasteiger partial charge in [0.1, 0.15) is 5.82 Å². The molecule has 1 aromatic carbocycles. The Kier molecular flexibility index (Phi) is 4.65. The summed E-state index contributed by atoms with van der Waals surface area (Å²) in [5.74, 6) is -0.149. The first-order valence-corrected chi connectivity index (χ1v) is 7.73. The first kappa shape index (κ1) is 14.0. The first-order chi connectivity index (χ1) is 9.81. The van der Waals surface area contributed by atoms with E-state index in [2.05, 4.69) is 15.1 Å². The molecule has 0 unspecified atom stereocenters. The van der Waals surface area contributed by atoms with Gasteiger partial charge in [-0.2, -0.15) is 0 Å². The second kappa shape index (κ2) is 6.66. The van der Waals surface area contributed by atoms with E-state index in [1.807, 2.05) is 12.1 Å². The number of rotatable bonds is 3. The number of hydrogen-bond donors (Lipinski definition) is 1. The van der Waals surface area contributed by atoms with Gasteiger partial charge in [-0.3, -0.25) is 9.80 Å². The largest absolute Gasteiger partial charge is 0.317 e. The predicted molar refractivity (Wildman–Crippen MR) is 79.1 cm³/mol. The number of halogens is 1. The molecular weight excluding hydrogens is 253 g/mol. The summed E-state index contributed by atoms with van der Waals surface area (Å²) < 4.78 is 12.9. The summed E-state index contributed by atoms with van der Waals surface area (Å²) in [6.45, 7) is 7.88. The number of piperazine rings is 1. The van der Waals surface area contributed by atoms with E-state index in [9.17, 15) is 4.39 Å². The highest BCUT2D eigenvalue weighted by Gasteiger charge is 2.24. The van der Waals surface area contributed by atoms with Crippen molar-refractivity contribution in [3.8, 4) is 0 Å². The minimum absolute atomic E-state index is 0.149. The van der Waals surface area contributed by atoms with E-state index in [0.717, 1.165) is 25.7 Å². The van der Waals surface area contributed by atoms with Gasteiger partial charge in [-0.25, -0.2) is 4.39 Å². The molecule has 0 atom stereocenters. The lowest BCUT2D eigenvalue weighted by molar-refractivity contribution is 0.0784. The van der Waals surface area contributed by atoms with E-state index >= 15 is 0 Å². The van der Waals surface area contributed by atoms with Crippen molar-refractivity contribution in [2.75, 3.05) is 39.3 Å². The molecule has 110 valence electrons. The number of nitrogens with zero attached hydrogens (tertiary/aromatic N) is 2. The minimum atomic E-state index is -0.149. The van der Waals surface area contributed by atoms with Crippen molar-refractivity contribution in [3.05, 3.63) is 35.6 Å². The molecule has 2 heterocycles. The van der Waals surface area contributed by atoms with E-state index in [1.165, 1.54) is 44.6 Å². The van der Waals surface area contributed by atoms with Crippen molar-refractivity contribution in [1.82, 2.24) is 15.1 Å². The molecule has 0 saturated carbocycles. The smallest absolute Gasteiger partial charge is 0.123 e. The highest BCUT2D eigenvalue weighted by Crippen LogP contribution is 2.16. The minimum Gasteiger partial charge on any atom is -0.317 e. The molecule has 2 fully saturated rings. The molecule has 0 aromatic heterocycles. The molecule has 2 aliphatic rings. The van der Waals surface area contributed by atoms with E-state index in [4.69, 9.17) is 0 Å². The van der Waals surface area contributed by atoms with Crippen LogP contribution in [0.5, 0.6) is 0 Å². The molecule has 2 saturated heterocycles. The normalized spacial score (nSPS) is 23.1. The van der Waals surface area contributed by atoms with Gasteiger partial charge in [0.05, 0.1) is 0 Å². The topological polar surface area (TPSA) is 18.5 Å². The van der Waals surface area contributed by atoms with Gasteiger partial charge in [0, 0.05) is 38.8 Å². The van der Waals surface area contributed by atoms with Crippen molar-refractivity contribution in [1.29, 1.82) is 0 Å². The standard InChI is InChI=1S/C16H24FN3/c17-15-3-1-14(2-4-15)13-19-9-11-20(12-10-19)16-5-7-18-8-6-16/h1-4,16,18H,5-13H2. The molecule has 1 N–H and O–H groups in total. The summed E-state index contributed by atoms with van der Waals surface area (Å²) in [6.07, 6.45) is 2.58. The van der Waals surface area contributed by atoms with Gasteiger partial charge in [-0.15, -0.1) is 0 Å². The van der Waals surface area contributed by atoms with Crippen LogP contribution in [0.15, 0.2) is 24.3 Å². The molecule has 3 rings (SSSR count). The molecule has 0 amide bonds. The third-order valence-corrected chi connectivity index (χ3v) is 4.55. The monoisotopic (exact) mass is 277 g/mol. The average Bonchev–Trinajstić information content (AvgIpc) is 2.51. The maximum absolute atomic E-state index is 12.9. The third kappa shape index (κ3) is 3.57. The maximum atomic E-state index is 12.9. The van der Waals surface area contributed by atoms with Crippen molar-refractivity contribution in [2.45, 2.75) is 25.4 Å². The fourth-order valence-electron chi connectivity index (χ4n) is 3.31. The maximum Gasteiger partial charge on any atom is 0.123 e. The van der Waals surface area contributed by atoms with Gasteiger partial charge < -0.3 is 5.32 Å². The van der Waals surface area contributed by atoms with Crippen LogP contribution in [0.1, 0.15) is 18.4 Å². The van der Waals surface area contributed by atoms with Gasteiger partial charge in [-0.05, 0) is 43.6 Å². The number of hydrogen-bond acceptors (Lipinski definition) is 3. The zero-order chi connectivity index (χ0) is 13.8. The van der Waals surface area contributed by atoms with Crippen LogP contribution in [0.25, 0.3) is 0 Å². The third-order valence-electron chi connectivity index (χ3n) is 4.55. The van der Waals surface area contributed by atoms with Crippen molar-refractivity contribution < 1.29 is 4.39 Å². The predicted octanol–water partition coefficient (Wildman–Crippen LogP) is 1.70. The van der Waals surface area contributed by atoms with Gasteiger partial charge in [0.15, 0.2) is 0 Å². The van der Waals surface area contributed by atoms with Crippen molar-refractivity contribution in [3.63, 3.8) is 0 Å². The molecule has 20 heavy (non-hydrogen) atoms. The summed E-state index contributed by atoms with van der Waals surface area (Å²) in [6, 6.07) is 7.69. The molecule has 4 heteroatoms. The lowest BCUT2D eigenvalue weighted by Gasteiger charge is -2.40. The molecule has 2 aliphatic heterocycles. The van der Waals surface area contributed by atoms with Crippen LogP contribution >= 0.6 is 0 Å². The number of nitrogens with one attached hydrogen (secondary N) is 1. The quantitative estimate of drug-likeness (QED) is 0.907. The van der Waals surface area contributed by atoms with Crippen molar-refractivity contribution >= 4 is 0 Å². The number of benzene rings is 1. The Balaban J connectivity index is 1.47. The highest BCUT2D eigenvalue weighted by molar-refractivity contribution is 5.15. The van der Waals surface area contributed by atoms with E-state index in [1.54, 1.807) is 12.1 Å². The van der Waals surface area contributed by atoms with E-state index < -0.39 is 0 Å². The Morgan fingerprint density at radius 3 is 2.30 bits per heavy atom. The van der Waals surface area contributed by atoms with Gasteiger partial charge in [-0.1, -0.05) is 12.1 Å². The second-order valence-corrected chi connectivity index (χ2v) is 5.92. The summed E-state index contributed by atoms with van der Waals surface area (Å²) >= 11 is 0. The molecule has 0 radical (unpaired) electrons. The Morgan fingerprint density at radius 1 is 1.00 bits per heavy atom. The fraction of sp³-hybridized carbons (Fsp3) is 0.625. The average molecular weight is 277 g/mol. The fourth-order valence-corrected chi connectivity index (χ4v) is 3.31. The molecule has 0 bridgehead atoms. The van der Waals surface area contributed by atoms with Crippen LogP contribution < -0.4 is 5.32 Å². The zero-order valence-electron chi connectivity index (χ0n) is 12.0. The Labute approximate surface area is 120 Å². The van der Waals surface area contributed by atoms with Crippen LogP contribution in [0.2, 0.25) is 0 Å². The van der Waals surface area contributed by atoms with E-state index in [0.29, 0.717) is 0 Å². The summed E-state index contributed by atoms with van der Waals surface area (Å²) in [7, 11) is 0. The number of piperidine rings is 1. The lowest BCUT2D eigenvalue weighted by Crippen LogP contribution is -2.52. The van der Waals surface area contributed by atoms with Gasteiger partial charge in [0.2, 0.25) is 0 Å². The molecule has 3 nitrogen and oxygen atoms in total. The SMILES string of the molecule is Fc1ccc(CN2CCN(C3CCNCC3)CC2)cc1. The van der Waals surface area contributed by atoms with E-state index in [-0.39, 0.29) is 5.82 Å². The zero-order valence-corrected chi connectivity index (χ0v) is 12.0. The van der Waals surface area contributed by atoms with Crippen LogP contribution in [0.4, 0.5) is 4.39 Å². The van der Waals surface area contributed by atoms with Crippen LogP contribution in [-0.4, -0.2) is 55.1 Å². The Hall–Kier alpha value is -0.970. The molecular formula is C16H24FN3. The Bertz CT molecular complexity index is 406. The first-order valence-electron chi connectivity index (χ1n) is 7.73. The van der Waals surface area contributed by atoms with Gasteiger partial charge in [0.25, 0.3) is 0 Å². The molecule has 0 spiro atoms. The lowest BCUT2D eigenvalue weighted by atomic mass is 10.0. The van der Waals surface area contributed by atoms with Crippen LogP contribution in [-0.2, 0) is 6.54 Å². The molecule has 1 aromatic rings. The molecule has 0 aliphatic carbocycles. The summed E-state index contributed by atoms with van der Waals surface area (Å²) in [5, 5.41) is 3.43.